The first-order chi connectivity index (χ1) is 15.4. The number of benzene rings is 2. The van der Waals surface area contributed by atoms with Gasteiger partial charge in [-0.15, -0.1) is 11.6 Å². The van der Waals surface area contributed by atoms with Gasteiger partial charge < -0.3 is 10.2 Å². The van der Waals surface area contributed by atoms with Gasteiger partial charge in [0, 0.05) is 17.6 Å². The Labute approximate surface area is 199 Å². The van der Waals surface area contributed by atoms with Gasteiger partial charge in [0.05, 0.1) is 0 Å². The van der Waals surface area contributed by atoms with E-state index >= 15 is 0 Å². The third kappa shape index (κ3) is 6.46. The molecule has 3 rings (SSSR count). The number of carbonyl (C=O) groups is 2. The molecule has 7 heteroatoms. The summed E-state index contributed by atoms with van der Waals surface area (Å²) in [6, 6.07) is 12.3. The molecule has 172 valence electrons. The molecule has 0 aromatic heterocycles. The van der Waals surface area contributed by atoms with Crippen molar-refractivity contribution in [1.29, 1.82) is 0 Å². The second-order valence-corrected chi connectivity index (χ2v) is 9.16. The van der Waals surface area contributed by atoms with Crippen LogP contribution >= 0.6 is 23.2 Å². The van der Waals surface area contributed by atoms with Gasteiger partial charge in [0.25, 0.3) is 0 Å². The highest BCUT2D eigenvalue weighted by Gasteiger charge is 2.33. The lowest BCUT2D eigenvalue weighted by molar-refractivity contribution is -0.139. The SMILES string of the molecule is CC1CCC(NC(=O)[C@H](c2ccc(F)cc2)N(CCc2ccccc2Cl)C(=O)CCl)CC1. The lowest BCUT2D eigenvalue weighted by Gasteiger charge is -2.34. The molecule has 4 nitrogen and oxygen atoms in total. The zero-order valence-electron chi connectivity index (χ0n) is 18.2. The molecule has 0 saturated heterocycles. The molecular formula is C25H29Cl2FN2O2. The first kappa shape index (κ1) is 24.5. The molecule has 0 radical (unpaired) electrons. The van der Waals surface area contributed by atoms with Crippen LogP contribution in [0.15, 0.2) is 48.5 Å². The molecule has 1 N–H and O–H groups in total. The van der Waals surface area contributed by atoms with E-state index in [0.29, 0.717) is 22.9 Å². The topological polar surface area (TPSA) is 49.4 Å². The zero-order valence-corrected chi connectivity index (χ0v) is 19.7. The molecule has 2 aromatic carbocycles. The Morgan fingerprint density at radius 2 is 1.75 bits per heavy atom. The van der Waals surface area contributed by atoms with Gasteiger partial charge in [0.1, 0.15) is 17.7 Å². The van der Waals surface area contributed by atoms with Crippen molar-refractivity contribution in [3.8, 4) is 0 Å². The molecule has 1 aliphatic carbocycles. The largest absolute Gasteiger partial charge is 0.351 e. The maximum atomic E-state index is 13.6. The molecule has 0 unspecified atom stereocenters. The van der Waals surface area contributed by atoms with E-state index in [-0.39, 0.29) is 30.3 Å². The average molecular weight is 479 g/mol. The molecule has 1 fully saturated rings. The summed E-state index contributed by atoms with van der Waals surface area (Å²) in [7, 11) is 0. The van der Waals surface area contributed by atoms with Crippen molar-refractivity contribution in [2.75, 3.05) is 12.4 Å². The molecule has 32 heavy (non-hydrogen) atoms. The fraction of sp³-hybridized carbons (Fsp3) is 0.440. The lowest BCUT2D eigenvalue weighted by Crippen LogP contribution is -2.48. The number of rotatable bonds is 8. The Morgan fingerprint density at radius 1 is 1.09 bits per heavy atom. The molecule has 0 spiro atoms. The Hall–Kier alpha value is -2.11. The normalized spacial score (nSPS) is 19.2. The van der Waals surface area contributed by atoms with Crippen molar-refractivity contribution >= 4 is 35.0 Å². The number of alkyl halides is 1. The fourth-order valence-electron chi connectivity index (χ4n) is 4.22. The van der Waals surface area contributed by atoms with Crippen LogP contribution in [-0.4, -0.2) is 35.2 Å². The maximum absolute atomic E-state index is 13.6. The van der Waals surface area contributed by atoms with Crippen molar-refractivity contribution in [2.45, 2.75) is 51.1 Å². The summed E-state index contributed by atoms with van der Waals surface area (Å²) in [6.07, 6.45) is 4.40. The fourth-order valence-corrected chi connectivity index (χ4v) is 4.60. The van der Waals surface area contributed by atoms with Gasteiger partial charge in [-0.2, -0.15) is 0 Å². The minimum atomic E-state index is -0.899. The van der Waals surface area contributed by atoms with Crippen LogP contribution in [0.5, 0.6) is 0 Å². The van der Waals surface area contributed by atoms with Crippen LogP contribution < -0.4 is 5.32 Å². The van der Waals surface area contributed by atoms with E-state index in [1.54, 1.807) is 18.2 Å². The highest BCUT2D eigenvalue weighted by atomic mass is 35.5. The summed E-state index contributed by atoms with van der Waals surface area (Å²) < 4.78 is 13.6. The van der Waals surface area contributed by atoms with E-state index in [4.69, 9.17) is 23.2 Å². The summed E-state index contributed by atoms with van der Waals surface area (Å²) in [5.41, 5.74) is 1.42. The number of amides is 2. The van der Waals surface area contributed by atoms with Crippen molar-refractivity contribution in [1.82, 2.24) is 10.2 Å². The van der Waals surface area contributed by atoms with Gasteiger partial charge in [-0.1, -0.05) is 48.9 Å². The van der Waals surface area contributed by atoms with Crippen LogP contribution in [0.3, 0.4) is 0 Å². The third-order valence-electron chi connectivity index (χ3n) is 6.12. The molecular weight excluding hydrogens is 450 g/mol. The number of nitrogens with zero attached hydrogens (tertiary/aromatic N) is 1. The Kier molecular flexibility index (Phi) is 8.94. The van der Waals surface area contributed by atoms with Gasteiger partial charge in [0.15, 0.2) is 0 Å². The second kappa shape index (κ2) is 11.7. The van der Waals surface area contributed by atoms with Gasteiger partial charge in [-0.05, 0) is 67.3 Å². The van der Waals surface area contributed by atoms with Crippen LogP contribution in [0, 0.1) is 11.7 Å². The number of halogens is 3. The Morgan fingerprint density at radius 3 is 2.38 bits per heavy atom. The van der Waals surface area contributed by atoms with E-state index in [9.17, 15) is 14.0 Å². The van der Waals surface area contributed by atoms with Gasteiger partial charge in [-0.25, -0.2) is 4.39 Å². The summed E-state index contributed by atoms with van der Waals surface area (Å²) in [4.78, 5) is 27.8. The summed E-state index contributed by atoms with van der Waals surface area (Å²) >= 11 is 12.2. The van der Waals surface area contributed by atoms with E-state index < -0.39 is 11.9 Å². The molecule has 0 heterocycles. The Bertz CT molecular complexity index is 914. The minimum absolute atomic E-state index is 0.0677. The smallest absolute Gasteiger partial charge is 0.247 e. The zero-order chi connectivity index (χ0) is 23.1. The first-order valence-corrected chi connectivity index (χ1v) is 11.9. The number of hydrogen-bond acceptors (Lipinski definition) is 2. The predicted molar refractivity (Wildman–Crippen MR) is 126 cm³/mol. The number of nitrogens with one attached hydrogen (secondary N) is 1. The molecule has 2 amide bonds. The first-order valence-electron chi connectivity index (χ1n) is 11.0. The van der Waals surface area contributed by atoms with Crippen LogP contribution in [0.25, 0.3) is 0 Å². The molecule has 2 aromatic rings. The van der Waals surface area contributed by atoms with Gasteiger partial charge in [-0.3, -0.25) is 9.59 Å². The molecule has 1 atom stereocenters. The standard InChI is InChI=1S/C25H29Cl2FN2O2/c1-17-6-12-21(13-7-17)29-25(32)24(19-8-10-20(28)11-9-19)30(23(31)16-26)15-14-18-4-2-3-5-22(18)27/h2-5,8-11,17,21,24H,6-7,12-16H2,1H3,(H,29,32)/t17?,21?,24-/m0/s1. The van der Waals surface area contributed by atoms with E-state index in [1.807, 2.05) is 18.2 Å². The average Bonchev–Trinajstić information content (AvgIpc) is 2.79. The molecule has 1 aliphatic rings. The lowest BCUT2D eigenvalue weighted by atomic mass is 9.87. The highest BCUT2D eigenvalue weighted by molar-refractivity contribution is 6.31. The quantitative estimate of drug-likeness (QED) is 0.507. The summed E-state index contributed by atoms with van der Waals surface area (Å²) in [5, 5.41) is 3.73. The highest BCUT2D eigenvalue weighted by Crippen LogP contribution is 2.27. The van der Waals surface area contributed by atoms with Crippen LogP contribution in [0.1, 0.15) is 49.8 Å². The van der Waals surface area contributed by atoms with Gasteiger partial charge >= 0.3 is 0 Å². The number of hydrogen-bond donors (Lipinski definition) is 1. The Balaban J connectivity index is 1.86. The minimum Gasteiger partial charge on any atom is -0.351 e. The van der Waals surface area contributed by atoms with Crippen molar-refractivity contribution in [2.24, 2.45) is 5.92 Å². The van der Waals surface area contributed by atoms with E-state index in [1.165, 1.54) is 17.0 Å². The second-order valence-electron chi connectivity index (χ2n) is 8.48. The maximum Gasteiger partial charge on any atom is 0.247 e. The van der Waals surface area contributed by atoms with Crippen LogP contribution in [-0.2, 0) is 16.0 Å². The monoisotopic (exact) mass is 478 g/mol. The summed E-state index contributed by atoms with van der Waals surface area (Å²) in [6.45, 7) is 2.47. The van der Waals surface area contributed by atoms with Crippen LogP contribution in [0.4, 0.5) is 4.39 Å². The molecule has 0 bridgehead atoms. The van der Waals surface area contributed by atoms with Crippen molar-refractivity contribution in [3.63, 3.8) is 0 Å². The molecule has 0 aliphatic heterocycles. The van der Waals surface area contributed by atoms with Gasteiger partial charge in [0.2, 0.25) is 11.8 Å². The van der Waals surface area contributed by atoms with Crippen molar-refractivity contribution in [3.05, 3.63) is 70.5 Å². The van der Waals surface area contributed by atoms with E-state index in [0.717, 1.165) is 31.2 Å². The number of carbonyl (C=O) groups excluding carboxylic acids is 2. The predicted octanol–water partition coefficient (Wildman–Crippen LogP) is 5.53. The van der Waals surface area contributed by atoms with Crippen molar-refractivity contribution < 1.29 is 14.0 Å². The van der Waals surface area contributed by atoms with Crippen LogP contribution in [0.2, 0.25) is 5.02 Å². The molecule has 1 saturated carbocycles. The van der Waals surface area contributed by atoms with E-state index in [2.05, 4.69) is 12.2 Å². The third-order valence-corrected chi connectivity index (χ3v) is 6.72. The summed E-state index contributed by atoms with van der Waals surface area (Å²) in [5.74, 6) is -0.634.